The Balaban J connectivity index is 1.20. The van der Waals surface area contributed by atoms with Crippen LogP contribution in [0.25, 0.3) is 0 Å². The maximum absolute atomic E-state index is 12.2. The number of amides is 1. The van der Waals surface area contributed by atoms with Crippen LogP contribution in [0.3, 0.4) is 0 Å². The molecule has 0 unspecified atom stereocenters. The van der Waals surface area contributed by atoms with Gasteiger partial charge < -0.3 is 19.2 Å². The number of nitrogens with zero attached hydrogens (tertiary/aromatic N) is 2. The number of aromatic nitrogens is 2. The predicted octanol–water partition coefficient (Wildman–Crippen LogP) is 3.05. The average molecular weight is 389 g/mol. The number of rotatable bonds is 8. The smallest absolute Gasteiger partial charge is 0.277 e. The molecule has 0 radical (unpaired) electrons. The number of fused-ring (bicyclic) bond motifs is 2. The first-order valence-corrected chi connectivity index (χ1v) is 10.2. The van der Waals surface area contributed by atoms with Gasteiger partial charge in [-0.25, -0.2) is 0 Å². The van der Waals surface area contributed by atoms with Crippen LogP contribution in [0.15, 0.2) is 33.9 Å². The second-order valence-corrected chi connectivity index (χ2v) is 7.99. The van der Waals surface area contributed by atoms with Crippen LogP contribution in [-0.2, 0) is 11.4 Å². The number of benzene rings is 1. The molecule has 7 nitrogen and oxygen atoms in total. The molecule has 8 heteroatoms. The van der Waals surface area contributed by atoms with Crippen molar-refractivity contribution in [3.8, 4) is 11.5 Å². The lowest BCUT2D eigenvalue weighted by Crippen LogP contribution is -2.39. The van der Waals surface area contributed by atoms with Crippen molar-refractivity contribution in [2.45, 2.75) is 43.6 Å². The molecule has 2 saturated carbocycles. The molecule has 27 heavy (non-hydrogen) atoms. The van der Waals surface area contributed by atoms with E-state index < -0.39 is 0 Å². The van der Waals surface area contributed by atoms with Crippen molar-refractivity contribution >= 4 is 17.7 Å². The van der Waals surface area contributed by atoms with Crippen molar-refractivity contribution in [1.29, 1.82) is 0 Å². The first-order chi connectivity index (χ1) is 13.2. The number of carbonyl (C=O) groups excluding carboxylic acids is 1. The third-order valence-corrected chi connectivity index (χ3v) is 6.10. The Morgan fingerprint density at radius 3 is 2.74 bits per heavy atom. The molecule has 3 atom stereocenters. The number of hydrogen-bond donors (Lipinski definition) is 1. The fourth-order valence-electron chi connectivity index (χ4n) is 3.97. The van der Waals surface area contributed by atoms with E-state index in [0.29, 0.717) is 28.8 Å². The summed E-state index contributed by atoms with van der Waals surface area (Å²) in [5, 5.41) is 11.5. The molecule has 1 aromatic heterocycles. The first kappa shape index (κ1) is 18.2. The molecule has 1 N–H and O–H groups in total. The maximum atomic E-state index is 12.2. The van der Waals surface area contributed by atoms with Crippen molar-refractivity contribution in [2.75, 3.05) is 12.9 Å². The molecule has 1 heterocycles. The molecule has 2 aliphatic rings. The highest BCUT2D eigenvalue weighted by Crippen LogP contribution is 2.44. The summed E-state index contributed by atoms with van der Waals surface area (Å²) >= 11 is 1.25. The maximum Gasteiger partial charge on any atom is 0.277 e. The SMILES string of the molecule is COc1ccc(OCc2nnc(SCC(=O)N[C@@H]3C[C@H]4CC[C@@H]3C4)o2)cc1. The minimum Gasteiger partial charge on any atom is -0.497 e. The highest BCUT2D eigenvalue weighted by Gasteiger charge is 2.40. The van der Waals surface area contributed by atoms with Gasteiger partial charge in [0.15, 0.2) is 6.61 Å². The topological polar surface area (TPSA) is 86.5 Å². The largest absolute Gasteiger partial charge is 0.497 e. The summed E-state index contributed by atoms with van der Waals surface area (Å²) < 4.78 is 16.2. The van der Waals surface area contributed by atoms with Crippen LogP contribution in [0.1, 0.15) is 31.6 Å². The fourth-order valence-corrected chi connectivity index (χ4v) is 4.56. The van der Waals surface area contributed by atoms with Gasteiger partial charge in [-0.15, -0.1) is 10.2 Å². The number of thioether (sulfide) groups is 1. The molecule has 0 spiro atoms. The molecule has 144 valence electrons. The van der Waals surface area contributed by atoms with E-state index in [1.54, 1.807) is 7.11 Å². The van der Waals surface area contributed by atoms with E-state index in [9.17, 15) is 4.79 Å². The van der Waals surface area contributed by atoms with Crippen LogP contribution in [0.4, 0.5) is 0 Å². The van der Waals surface area contributed by atoms with Crippen molar-refractivity contribution in [1.82, 2.24) is 15.5 Å². The minimum atomic E-state index is 0.0341. The summed E-state index contributed by atoms with van der Waals surface area (Å²) in [6.45, 7) is 0.178. The first-order valence-electron chi connectivity index (χ1n) is 9.21. The van der Waals surface area contributed by atoms with Crippen LogP contribution >= 0.6 is 11.8 Å². The van der Waals surface area contributed by atoms with E-state index in [0.717, 1.165) is 18.1 Å². The van der Waals surface area contributed by atoms with E-state index in [1.165, 1.54) is 31.0 Å². The standard InChI is InChI=1S/C19H23N3O4S/c1-24-14-4-6-15(7-5-14)25-10-18-21-22-19(26-18)27-11-17(23)20-16-9-12-2-3-13(16)8-12/h4-7,12-13,16H,2-3,8-11H2,1H3,(H,20,23)/t12-,13+,16+/m0/s1. The molecule has 2 aromatic rings. The monoisotopic (exact) mass is 389 g/mol. The van der Waals surface area contributed by atoms with Gasteiger partial charge in [0, 0.05) is 6.04 Å². The molecular formula is C19H23N3O4S. The van der Waals surface area contributed by atoms with Crippen LogP contribution in [0, 0.1) is 11.8 Å². The summed E-state index contributed by atoms with van der Waals surface area (Å²) in [7, 11) is 1.62. The Bertz CT molecular complexity index is 780. The van der Waals surface area contributed by atoms with Crippen molar-refractivity contribution in [2.24, 2.45) is 11.8 Å². The zero-order valence-electron chi connectivity index (χ0n) is 15.2. The Kier molecular flexibility index (Phi) is 5.52. The zero-order chi connectivity index (χ0) is 18.6. The van der Waals surface area contributed by atoms with Gasteiger partial charge in [-0.2, -0.15) is 0 Å². The molecule has 2 bridgehead atoms. The Morgan fingerprint density at radius 2 is 2.04 bits per heavy atom. The highest BCUT2D eigenvalue weighted by atomic mass is 32.2. The van der Waals surface area contributed by atoms with Gasteiger partial charge in [0.05, 0.1) is 12.9 Å². The number of carbonyl (C=O) groups is 1. The molecule has 2 fully saturated rings. The Labute approximate surface area is 162 Å². The van der Waals surface area contributed by atoms with Gasteiger partial charge in [-0.1, -0.05) is 18.2 Å². The molecular weight excluding hydrogens is 366 g/mol. The van der Waals surface area contributed by atoms with E-state index >= 15 is 0 Å². The highest BCUT2D eigenvalue weighted by molar-refractivity contribution is 7.99. The molecule has 0 aliphatic heterocycles. The summed E-state index contributed by atoms with van der Waals surface area (Å²) in [4.78, 5) is 12.2. The van der Waals surface area contributed by atoms with Crippen LogP contribution in [-0.4, -0.2) is 35.0 Å². The lowest BCUT2D eigenvalue weighted by Gasteiger charge is -2.22. The Morgan fingerprint density at radius 1 is 1.22 bits per heavy atom. The molecule has 4 rings (SSSR count). The van der Waals surface area contributed by atoms with Crippen molar-refractivity contribution in [3.05, 3.63) is 30.2 Å². The van der Waals surface area contributed by atoms with E-state index in [4.69, 9.17) is 13.9 Å². The zero-order valence-corrected chi connectivity index (χ0v) is 16.0. The van der Waals surface area contributed by atoms with E-state index in [1.807, 2.05) is 24.3 Å². The third kappa shape index (κ3) is 4.55. The normalized spacial score (nSPS) is 23.4. The molecule has 1 amide bonds. The summed E-state index contributed by atoms with van der Waals surface area (Å²) in [5.41, 5.74) is 0. The van der Waals surface area contributed by atoms with Gasteiger partial charge in [0.1, 0.15) is 11.5 Å². The molecule has 0 saturated heterocycles. The van der Waals surface area contributed by atoms with Gasteiger partial charge in [-0.3, -0.25) is 4.79 Å². The van der Waals surface area contributed by atoms with Crippen LogP contribution in [0.5, 0.6) is 11.5 Å². The van der Waals surface area contributed by atoms with E-state index in [-0.39, 0.29) is 18.3 Å². The second kappa shape index (κ2) is 8.21. The van der Waals surface area contributed by atoms with Gasteiger partial charge >= 0.3 is 0 Å². The number of hydrogen-bond acceptors (Lipinski definition) is 7. The lowest BCUT2D eigenvalue weighted by atomic mass is 9.95. The van der Waals surface area contributed by atoms with Crippen molar-refractivity contribution in [3.63, 3.8) is 0 Å². The number of nitrogens with one attached hydrogen (secondary N) is 1. The minimum absolute atomic E-state index is 0.0341. The summed E-state index contributed by atoms with van der Waals surface area (Å²) in [6.07, 6.45) is 4.99. The van der Waals surface area contributed by atoms with Gasteiger partial charge in [0.25, 0.3) is 11.1 Å². The quantitative estimate of drug-likeness (QED) is 0.694. The molecule has 1 aromatic carbocycles. The van der Waals surface area contributed by atoms with E-state index in [2.05, 4.69) is 15.5 Å². The number of methoxy groups -OCH3 is 1. The van der Waals surface area contributed by atoms with Gasteiger partial charge in [-0.05, 0) is 55.4 Å². The molecule has 2 aliphatic carbocycles. The predicted molar refractivity (Wildman–Crippen MR) is 99.7 cm³/mol. The van der Waals surface area contributed by atoms with Crippen LogP contribution < -0.4 is 14.8 Å². The lowest BCUT2D eigenvalue weighted by molar-refractivity contribution is -0.119. The fraction of sp³-hybridized carbons (Fsp3) is 0.526. The van der Waals surface area contributed by atoms with Gasteiger partial charge in [0.2, 0.25) is 5.91 Å². The second-order valence-electron chi connectivity index (χ2n) is 7.06. The summed E-state index contributed by atoms with van der Waals surface area (Å²) in [5.74, 6) is 3.64. The average Bonchev–Trinajstić information content (AvgIpc) is 3.42. The third-order valence-electron chi connectivity index (χ3n) is 5.28. The van der Waals surface area contributed by atoms with Crippen molar-refractivity contribution < 1.29 is 18.7 Å². The van der Waals surface area contributed by atoms with Crippen LogP contribution in [0.2, 0.25) is 0 Å². The Hall–Kier alpha value is -2.22. The summed E-state index contributed by atoms with van der Waals surface area (Å²) in [6, 6.07) is 7.61. The number of ether oxygens (including phenoxy) is 2.